The van der Waals surface area contributed by atoms with Crippen molar-refractivity contribution in [3.63, 3.8) is 0 Å². The molecule has 1 heterocycles. The fraction of sp³-hybridized carbons (Fsp3) is 1.00. The molecule has 128 valence electrons. The van der Waals surface area contributed by atoms with E-state index in [1.807, 2.05) is 13.8 Å². The van der Waals surface area contributed by atoms with Crippen molar-refractivity contribution < 1.29 is 9.47 Å². The van der Waals surface area contributed by atoms with Crippen LogP contribution in [0.1, 0.15) is 67.7 Å². The van der Waals surface area contributed by atoms with Gasteiger partial charge in [-0.1, -0.05) is 13.8 Å². The first-order chi connectivity index (χ1) is 9.68. The third-order valence-corrected chi connectivity index (χ3v) is 3.67. The molecule has 0 aromatic heterocycles. The summed E-state index contributed by atoms with van der Waals surface area (Å²) in [5.41, 5.74) is -0.135. The van der Waals surface area contributed by atoms with Gasteiger partial charge in [0.25, 0.3) is 0 Å². The van der Waals surface area contributed by atoms with E-state index < -0.39 is 0 Å². The zero-order valence-electron chi connectivity index (χ0n) is 15.8. The molecule has 0 aromatic rings. The molecule has 1 aliphatic rings. The van der Waals surface area contributed by atoms with Crippen molar-refractivity contribution in [1.29, 1.82) is 0 Å². The van der Waals surface area contributed by atoms with Crippen LogP contribution in [-0.4, -0.2) is 49.5 Å². The highest BCUT2D eigenvalue weighted by Crippen LogP contribution is 2.21. The van der Waals surface area contributed by atoms with Gasteiger partial charge in [0.15, 0.2) is 0 Å². The predicted octanol–water partition coefficient (Wildman–Crippen LogP) is 4.35. The van der Waals surface area contributed by atoms with Gasteiger partial charge < -0.3 is 14.4 Å². The van der Waals surface area contributed by atoms with Crippen LogP contribution in [0.2, 0.25) is 0 Å². The van der Waals surface area contributed by atoms with Crippen LogP contribution in [0.3, 0.4) is 0 Å². The van der Waals surface area contributed by atoms with Crippen LogP contribution >= 0.6 is 0 Å². The molecule has 1 unspecified atom stereocenters. The topological polar surface area (TPSA) is 21.7 Å². The van der Waals surface area contributed by atoms with Crippen LogP contribution in [0, 0.1) is 5.92 Å². The van der Waals surface area contributed by atoms with E-state index in [-0.39, 0.29) is 11.2 Å². The molecule has 3 heteroatoms. The van der Waals surface area contributed by atoms with E-state index in [4.69, 9.17) is 9.47 Å². The Hall–Kier alpha value is -0.120. The summed E-state index contributed by atoms with van der Waals surface area (Å²) in [5.74, 6) is 0.696. The van der Waals surface area contributed by atoms with E-state index >= 15 is 0 Å². The Bertz CT molecular complexity index is 258. The highest BCUT2D eigenvalue weighted by atomic mass is 16.5. The van der Waals surface area contributed by atoms with Crippen LogP contribution in [0.4, 0.5) is 0 Å². The number of piperidine rings is 1. The fourth-order valence-electron chi connectivity index (χ4n) is 2.43. The smallest absolute Gasteiger partial charge is 0.0648 e. The maximum atomic E-state index is 6.13. The third-order valence-electron chi connectivity index (χ3n) is 3.67. The lowest BCUT2D eigenvalue weighted by molar-refractivity contribution is -0.0797. The molecule has 0 amide bonds. The standard InChI is InChI=1S/C16H33NO2.C2H6/c1-15(2,3)18-11-9-16(4,5)19-13-14-8-7-10-17(6)12-14;1-2/h14H,7-13H2,1-6H3;1-2H3. The molecule has 0 aliphatic carbocycles. The SMILES string of the molecule is CC.CN1CCCC(COC(C)(C)CCOC(C)(C)C)C1. The molecule has 0 bridgehead atoms. The lowest BCUT2D eigenvalue weighted by atomic mass is 9.98. The Morgan fingerprint density at radius 2 is 1.67 bits per heavy atom. The van der Waals surface area contributed by atoms with Crippen molar-refractivity contribution in [2.75, 3.05) is 33.4 Å². The van der Waals surface area contributed by atoms with Crippen LogP contribution in [0.5, 0.6) is 0 Å². The number of rotatable bonds is 6. The first-order valence-electron chi connectivity index (χ1n) is 8.64. The molecule has 21 heavy (non-hydrogen) atoms. The summed E-state index contributed by atoms with van der Waals surface area (Å²) >= 11 is 0. The second-order valence-corrected chi connectivity index (χ2v) is 7.55. The highest BCUT2D eigenvalue weighted by molar-refractivity contribution is 4.74. The molecule has 1 aliphatic heterocycles. The van der Waals surface area contributed by atoms with Crippen LogP contribution in [0.25, 0.3) is 0 Å². The number of hydrogen-bond acceptors (Lipinski definition) is 3. The minimum atomic E-state index is -0.0821. The molecule has 0 radical (unpaired) electrons. The van der Waals surface area contributed by atoms with Gasteiger partial charge in [-0.05, 0) is 73.4 Å². The number of ether oxygens (including phenoxy) is 2. The van der Waals surface area contributed by atoms with Crippen molar-refractivity contribution in [2.45, 2.75) is 78.9 Å². The minimum Gasteiger partial charge on any atom is -0.376 e. The lowest BCUT2D eigenvalue weighted by Crippen LogP contribution is -2.37. The number of hydrogen-bond donors (Lipinski definition) is 0. The molecule has 1 rings (SSSR count). The Labute approximate surface area is 133 Å². The van der Waals surface area contributed by atoms with E-state index in [2.05, 4.69) is 46.6 Å². The summed E-state index contributed by atoms with van der Waals surface area (Å²) < 4.78 is 11.9. The van der Waals surface area contributed by atoms with Crippen LogP contribution in [0.15, 0.2) is 0 Å². The Balaban J connectivity index is 0.00000191. The Morgan fingerprint density at radius 1 is 1.05 bits per heavy atom. The van der Waals surface area contributed by atoms with E-state index in [1.54, 1.807) is 0 Å². The summed E-state index contributed by atoms with van der Waals surface area (Å²) in [7, 11) is 2.20. The summed E-state index contributed by atoms with van der Waals surface area (Å²) in [6.45, 7) is 18.7. The quantitative estimate of drug-likeness (QED) is 0.728. The molecular weight excluding hydrogens is 262 g/mol. The van der Waals surface area contributed by atoms with Gasteiger partial charge in [0.1, 0.15) is 0 Å². The molecule has 1 saturated heterocycles. The van der Waals surface area contributed by atoms with Gasteiger partial charge in [-0.15, -0.1) is 0 Å². The number of likely N-dealkylation sites (tertiary alicyclic amines) is 1. The average molecular weight is 302 g/mol. The molecule has 1 atom stereocenters. The van der Waals surface area contributed by atoms with Gasteiger partial charge in [0.2, 0.25) is 0 Å². The second-order valence-electron chi connectivity index (χ2n) is 7.55. The molecule has 0 spiro atoms. The van der Waals surface area contributed by atoms with Crippen molar-refractivity contribution >= 4 is 0 Å². The average Bonchev–Trinajstić information content (AvgIpc) is 2.37. The summed E-state index contributed by atoms with van der Waals surface area (Å²) in [4.78, 5) is 2.41. The monoisotopic (exact) mass is 301 g/mol. The summed E-state index contributed by atoms with van der Waals surface area (Å²) in [5, 5.41) is 0. The van der Waals surface area contributed by atoms with Gasteiger partial charge >= 0.3 is 0 Å². The van der Waals surface area contributed by atoms with Gasteiger partial charge in [-0.25, -0.2) is 0 Å². The van der Waals surface area contributed by atoms with E-state index in [0.717, 1.165) is 19.6 Å². The Kier molecular flexibility index (Phi) is 9.75. The maximum absolute atomic E-state index is 6.13. The largest absolute Gasteiger partial charge is 0.376 e. The second kappa shape index (κ2) is 9.81. The normalized spacial score (nSPS) is 20.9. The maximum Gasteiger partial charge on any atom is 0.0648 e. The molecule has 0 saturated carbocycles. The van der Waals surface area contributed by atoms with Gasteiger partial charge in [-0.3, -0.25) is 0 Å². The molecule has 0 aromatic carbocycles. The van der Waals surface area contributed by atoms with Crippen molar-refractivity contribution in [3.8, 4) is 0 Å². The van der Waals surface area contributed by atoms with E-state index in [9.17, 15) is 0 Å². The first kappa shape index (κ1) is 20.9. The molecule has 0 N–H and O–H groups in total. The van der Waals surface area contributed by atoms with Crippen LogP contribution in [-0.2, 0) is 9.47 Å². The van der Waals surface area contributed by atoms with E-state index in [0.29, 0.717) is 5.92 Å². The van der Waals surface area contributed by atoms with Crippen LogP contribution < -0.4 is 0 Å². The van der Waals surface area contributed by atoms with Crippen molar-refractivity contribution in [2.24, 2.45) is 5.92 Å². The first-order valence-corrected chi connectivity index (χ1v) is 8.64. The third kappa shape index (κ3) is 11.1. The van der Waals surface area contributed by atoms with Gasteiger partial charge in [-0.2, -0.15) is 0 Å². The zero-order chi connectivity index (χ0) is 16.5. The summed E-state index contributed by atoms with van der Waals surface area (Å²) in [6, 6.07) is 0. The van der Waals surface area contributed by atoms with E-state index in [1.165, 1.54) is 25.9 Å². The predicted molar refractivity (Wildman–Crippen MR) is 91.9 cm³/mol. The Morgan fingerprint density at radius 3 is 2.19 bits per heavy atom. The molecular formula is C18H39NO2. The zero-order valence-corrected chi connectivity index (χ0v) is 15.8. The summed E-state index contributed by atoms with van der Waals surface area (Å²) in [6.07, 6.45) is 3.56. The van der Waals surface area contributed by atoms with Gasteiger partial charge in [0.05, 0.1) is 17.8 Å². The van der Waals surface area contributed by atoms with Crippen molar-refractivity contribution in [3.05, 3.63) is 0 Å². The minimum absolute atomic E-state index is 0.0534. The highest BCUT2D eigenvalue weighted by Gasteiger charge is 2.24. The molecule has 1 fully saturated rings. The fourth-order valence-corrected chi connectivity index (χ4v) is 2.43. The lowest BCUT2D eigenvalue weighted by Gasteiger charge is -2.33. The van der Waals surface area contributed by atoms with Gasteiger partial charge in [0, 0.05) is 13.2 Å². The number of nitrogens with zero attached hydrogens (tertiary/aromatic N) is 1. The van der Waals surface area contributed by atoms with Crippen molar-refractivity contribution in [1.82, 2.24) is 4.90 Å². The molecule has 3 nitrogen and oxygen atoms in total.